The van der Waals surface area contributed by atoms with Crippen LogP contribution in [0.5, 0.6) is 11.5 Å². The molecule has 0 aliphatic carbocycles. The van der Waals surface area contributed by atoms with Crippen molar-refractivity contribution < 1.29 is 19.0 Å². The molecule has 0 bridgehead atoms. The van der Waals surface area contributed by atoms with Crippen LogP contribution in [0.4, 0.5) is 0 Å². The first-order chi connectivity index (χ1) is 8.52. The van der Waals surface area contributed by atoms with E-state index in [4.69, 9.17) is 14.2 Å². The average Bonchev–Trinajstić information content (AvgIpc) is 2.44. The van der Waals surface area contributed by atoms with Gasteiger partial charge in [-0.1, -0.05) is 6.92 Å². The lowest BCUT2D eigenvalue weighted by Gasteiger charge is -2.25. The zero-order valence-corrected chi connectivity index (χ0v) is 11.6. The predicted octanol–water partition coefficient (Wildman–Crippen LogP) is 2.70. The molecule has 4 nitrogen and oxygen atoms in total. The van der Waals surface area contributed by atoms with Gasteiger partial charge >= 0.3 is 0 Å². The van der Waals surface area contributed by atoms with Crippen LogP contribution < -0.4 is 9.47 Å². The largest absolute Gasteiger partial charge is 0.497 e. The summed E-state index contributed by atoms with van der Waals surface area (Å²) in [5, 5.41) is 0. The van der Waals surface area contributed by atoms with E-state index in [1.54, 1.807) is 32.2 Å². The first kappa shape index (κ1) is 14.5. The Morgan fingerprint density at radius 2 is 1.89 bits per heavy atom. The summed E-state index contributed by atoms with van der Waals surface area (Å²) in [6.45, 7) is 3.68. The van der Waals surface area contributed by atoms with Crippen molar-refractivity contribution in [3.8, 4) is 11.5 Å². The molecular weight excluding hydrogens is 232 g/mol. The molecule has 100 valence electrons. The van der Waals surface area contributed by atoms with Gasteiger partial charge in [0.2, 0.25) is 0 Å². The number of ether oxygens (including phenoxy) is 3. The van der Waals surface area contributed by atoms with E-state index < -0.39 is 5.60 Å². The molecule has 0 fully saturated rings. The molecule has 1 rings (SSSR count). The lowest BCUT2D eigenvalue weighted by molar-refractivity contribution is 0.0104. The molecule has 0 radical (unpaired) electrons. The summed E-state index contributed by atoms with van der Waals surface area (Å²) in [7, 11) is 4.63. The molecule has 0 aromatic heterocycles. The van der Waals surface area contributed by atoms with E-state index in [0.29, 0.717) is 23.5 Å². The van der Waals surface area contributed by atoms with E-state index in [-0.39, 0.29) is 5.78 Å². The fourth-order valence-electron chi connectivity index (χ4n) is 1.67. The van der Waals surface area contributed by atoms with Crippen LogP contribution in [0.15, 0.2) is 18.2 Å². The number of benzene rings is 1. The Morgan fingerprint density at radius 1 is 1.22 bits per heavy atom. The van der Waals surface area contributed by atoms with Crippen LogP contribution in [0.2, 0.25) is 0 Å². The Balaban J connectivity index is 3.25. The van der Waals surface area contributed by atoms with Gasteiger partial charge in [0, 0.05) is 7.11 Å². The summed E-state index contributed by atoms with van der Waals surface area (Å²) in [5.74, 6) is 1.04. The van der Waals surface area contributed by atoms with Gasteiger partial charge in [-0.3, -0.25) is 4.79 Å². The van der Waals surface area contributed by atoms with Gasteiger partial charge in [-0.2, -0.15) is 0 Å². The number of rotatable bonds is 6. The molecule has 4 heteroatoms. The Morgan fingerprint density at radius 3 is 2.33 bits per heavy atom. The van der Waals surface area contributed by atoms with Gasteiger partial charge in [0.1, 0.15) is 17.1 Å². The zero-order valence-electron chi connectivity index (χ0n) is 11.6. The second kappa shape index (κ2) is 5.87. The Hall–Kier alpha value is -1.55. The van der Waals surface area contributed by atoms with Crippen LogP contribution in [0.25, 0.3) is 0 Å². The van der Waals surface area contributed by atoms with E-state index in [9.17, 15) is 4.79 Å². The van der Waals surface area contributed by atoms with Gasteiger partial charge in [0.15, 0.2) is 5.78 Å². The van der Waals surface area contributed by atoms with Crippen LogP contribution in [0.3, 0.4) is 0 Å². The smallest absolute Gasteiger partial charge is 0.198 e. The van der Waals surface area contributed by atoms with Crippen LogP contribution in [-0.4, -0.2) is 32.7 Å². The molecule has 0 heterocycles. The molecule has 1 aromatic rings. The standard InChI is InChI=1S/C14H20O4/c1-6-14(2,18-5)13(15)11-9-10(16-3)7-8-12(11)17-4/h7-9H,6H2,1-5H3. The minimum absolute atomic E-state index is 0.108. The maximum atomic E-state index is 12.5. The van der Waals surface area contributed by atoms with E-state index >= 15 is 0 Å². The van der Waals surface area contributed by atoms with E-state index in [0.717, 1.165) is 0 Å². The number of hydrogen-bond acceptors (Lipinski definition) is 4. The van der Waals surface area contributed by atoms with E-state index in [1.165, 1.54) is 14.2 Å². The van der Waals surface area contributed by atoms with Crippen molar-refractivity contribution >= 4 is 5.78 Å². The molecule has 0 saturated carbocycles. The average molecular weight is 252 g/mol. The minimum atomic E-state index is -0.848. The Labute approximate surface area is 108 Å². The Bertz CT molecular complexity index is 422. The maximum Gasteiger partial charge on any atom is 0.198 e. The summed E-state index contributed by atoms with van der Waals surface area (Å²) < 4.78 is 15.7. The van der Waals surface area contributed by atoms with Gasteiger partial charge in [0.05, 0.1) is 19.8 Å². The third-order valence-corrected chi connectivity index (χ3v) is 3.26. The van der Waals surface area contributed by atoms with Crippen molar-refractivity contribution in [1.29, 1.82) is 0 Å². The van der Waals surface area contributed by atoms with Crippen molar-refractivity contribution in [1.82, 2.24) is 0 Å². The van der Waals surface area contributed by atoms with Crippen molar-refractivity contribution in [2.24, 2.45) is 0 Å². The number of carbonyl (C=O) groups excluding carboxylic acids is 1. The highest BCUT2D eigenvalue weighted by Gasteiger charge is 2.33. The van der Waals surface area contributed by atoms with Gasteiger partial charge < -0.3 is 14.2 Å². The number of hydrogen-bond donors (Lipinski definition) is 0. The molecule has 0 spiro atoms. The third kappa shape index (κ3) is 2.64. The molecule has 1 atom stereocenters. The first-order valence-corrected chi connectivity index (χ1v) is 5.84. The summed E-state index contributed by atoms with van der Waals surface area (Å²) in [4.78, 5) is 12.5. The molecule has 0 saturated heterocycles. The summed E-state index contributed by atoms with van der Waals surface area (Å²) in [6.07, 6.45) is 0.586. The molecule has 1 aromatic carbocycles. The Kier molecular flexibility index (Phi) is 4.73. The predicted molar refractivity (Wildman–Crippen MR) is 69.6 cm³/mol. The highest BCUT2D eigenvalue weighted by molar-refractivity contribution is 6.04. The molecule has 18 heavy (non-hydrogen) atoms. The highest BCUT2D eigenvalue weighted by atomic mass is 16.5. The van der Waals surface area contributed by atoms with Crippen LogP contribution >= 0.6 is 0 Å². The highest BCUT2D eigenvalue weighted by Crippen LogP contribution is 2.30. The first-order valence-electron chi connectivity index (χ1n) is 5.84. The minimum Gasteiger partial charge on any atom is -0.497 e. The third-order valence-electron chi connectivity index (χ3n) is 3.26. The second-order valence-corrected chi connectivity index (χ2v) is 4.18. The van der Waals surface area contributed by atoms with Gasteiger partial charge in [-0.05, 0) is 31.5 Å². The zero-order chi connectivity index (χ0) is 13.8. The van der Waals surface area contributed by atoms with Crippen LogP contribution in [0, 0.1) is 0 Å². The van der Waals surface area contributed by atoms with Crippen molar-refractivity contribution in [3.63, 3.8) is 0 Å². The fraction of sp³-hybridized carbons (Fsp3) is 0.500. The lowest BCUT2D eigenvalue weighted by atomic mass is 9.91. The van der Waals surface area contributed by atoms with Crippen LogP contribution in [-0.2, 0) is 4.74 Å². The maximum absolute atomic E-state index is 12.5. The fourth-order valence-corrected chi connectivity index (χ4v) is 1.67. The second-order valence-electron chi connectivity index (χ2n) is 4.18. The number of ketones is 1. The summed E-state index contributed by atoms with van der Waals surface area (Å²) >= 11 is 0. The van der Waals surface area contributed by atoms with Gasteiger partial charge in [0.25, 0.3) is 0 Å². The molecule has 1 unspecified atom stereocenters. The van der Waals surface area contributed by atoms with Crippen LogP contribution in [0.1, 0.15) is 30.6 Å². The quantitative estimate of drug-likeness (QED) is 0.730. The van der Waals surface area contributed by atoms with Gasteiger partial charge in [-0.25, -0.2) is 0 Å². The molecule has 0 aliphatic rings. The normalized spacial score (nSPS) is 13.8. The topological polar surface area (TPSA) is 44.8 Å². The molecular formula is C14H20O4. The number of methoxy groups -OCH3 is 3. The van der Waals surface area contributed by atoms with E-state index in [2.05, 4.69) is 0 Å². The van der Waals surface area contributed by atoms with Crippen molar-refractivity contribution in [2.75, 3.05) is 21.3 Å². The van der Waals surface area contributed by atoms with Gasteiger partial charge in [-0.15, -0.1) is 0 Å². The molecule has 0 N–H and O–H groups in total. The summed E-state index contributed by atoms with van der Waals surface area (Å²) in [5.41, 5.74) is -0.373. The monoisotopic (exact) mass is 252 g/mol. The van der Waals surface area contributed by atoms with Crippen molar-refractivity contribution in [2.45, 2.75) is 25.9 Å². The number of carbonyl (C=O) groups is 1. The number of Topliss-reactive ketones (excluding diaryl/α,β-unsaturated/α-hetero) is 1. The summed E-state index contributed by atoms with van der Waals surface area (Å²) in [6, 6.07) is 5.15. The van der Waals surface area contributed by atoms with E-state index in [1.807, 2.05) is 6.92 Å². The van der Waals surface area contributed by atoms with Crippen molar-refractivity contribution in [3.05, 3.63) is 23.8 Å². The molecule has 0 aliphatic heterocycles. The SMILES string of the molecule is CCC(C)(OC)C(=O)c1cc(OC)ccc1OC. The molecule has 0 amide bonds. The lowest BCUT2D eigenvalue weighted by Crippen LogP contribution is -2.37.